The van der Waals surface area contributed by atoms with E-state index in [9.17, 15) is 8.42 Å². The second-order valence-electron chi connectivity index (χ2n) is 4.25. The smallest absolute Gasteiger partial charge is 0.263 e. The molecule has 4 nitrogen and oxygen atoms in total. The van der Waals surface area contributed by atoms with Gasteiger partial charge in [0.05, 0.1) is 5.69 Å². The fourth-order valence-corrected chi connectivity index (χ4v) is 4.32. The molecule has 0 bridgehead atoms. The minimum atomic E-state index is -3.67. The zero-order chi connectivity index (χ0) is 14.9. The van der Waals surface area contributed by atoms with Gasteiger partial charge in [0.2, 0.25) is 0 Å². The van der Waals surface area contributed by atoms with Crippen LogP contribution >= 0.6 is 31.9 Å². The summed E-state index contributed by atoms with van der Waals surface area (Å²) in [5.74, 6) is 0. The highest BCUT2D eigenvalue weighted by atomic mass is 79.9. The molecule has 0 heterocycles. The predicted molar refractivity (Wildman–Crippen MR) is 88.2 cm³/mol. The summed E-state index contributed by atoms with van der Waals surface area (Å²) in [5, 5.41) is 0. The van der Waals surface area contributed by atoms with Gasteiger partial charge in [0, 0.05) is 14.6 Å². The van der Waals surface area contributed by atoms with Crippen molar-refractivity contribution >= 4 is 53.3 Å². The van der Waals surface area contributed by atoms with Crippen LogP contribution in [0.15, 0.2) is 50.2 Å². The number of nitrogen functional groups attached to an aromatic ring is 1. The van der Waals surface area contributed by atoms with Gasteiger partial charge in [-0.25, -0.2) is 8.42 Å². The first-order valence-electron chi connectivity index (χ1n) is 5.63. The van der Waals surface area contributed by atoms with Crippen molar-refractivity contribution in [3.63, 3.8) is 0 Å². The third kappa shape index (κ3) is 3.34. The number of hydrogen-bond donors (Lipinski definition) is 2. The van der Waals surface area contributed by atoms with E-state index in [0.29, 0.717) is 20.3 Å². The summed E-state index contributed by atoms with van der Waals surface area (Å²) in [4.78, 5) is 0.170. The molecule has 0 aromatic heterocycles. The van der Waals surface area contributed by atoms with Crippen LogP contribution in [0, 0.1) is 6.92 Å². The molecule has 3 N–H and O–H groups in total. The lowest BCUT2D eigenvalue weighted by atomic mass is 10.2. The van der Waals surface area contributed by atoms with Crippen LogP contribution in [-0.2, 0) is 10.0 Å². The van der Waals surface area contributed by atoms with E-state index in [1.165, 1.54) is 0 Å². The van der Waals surface area contributed by atoms with Gasteiger partial charge < -0.3 is 5.73 Å². The monoisotopic (exact) mass is 418 g/mol. The third-order valence-corrected chi connectivity index (χ3v) is 5.53. The van der Waals surface area contributed by atoms with Crippen LogP contribution in [0.4, 0.5) is 11.4 Å². The molecule has 0 aliphatic heterocycles. The Morgan fingerprint density at radius 1 is 1.10 bits per heavy atom. The van der Waals surface area contributed by atoms with Crippen LogP contribution in [0.2, 0.25) is 0 Å². The SMILES string of the molecule is Cc1cc(N)ccc1NS(=O)(=O)c1cc(Br)ccc1Br. The van der Waals surface area contributed by atoms with E-state index in [-0.39, 0.29) is 4.90 Å². The fraction of sp³-hybridized carbons (Fsp3) is 0.0769. The van der Waals surface area contributed by atoms with Crippen LogP contribution in [0.25, 0.3) is 0 Å². The van der Waals surface area contributed by atoms with Gasteiger partial charge in [0.15, 0.2) is 0 Å². The van der Waals surface area contributed by atoms with E-state index in [0.717, 1.165) is 5.56 Å². The summed E-state index contributed by atoms with van der Waals surface area (Å²) in [6.07, 6.45) is 0. The van der Waals surface area contributed by atoms with E-state index >= 15 is 0 Å². The molecule has 0 atom stereocenters. The lowest BCUT2D eigenvalue weighted by Crippen LogP contribution is -2.14. The van der Waals surface area contributed by atoms with Crippen molar-refractivity contribution in [3.8, 4) is 0 Å². The maximum absolute atomic E-state index is 12.4. The summed E-state index contributed by atoms with van der Waals surface area (Å²) >= 11 is 6.52. The van der Waals surface area contributed by atoms with Crippen molar-refractivity contribution in [1.29, 1.82) is 0 Å². The molecule has 0 saturated carbocycles. The maximum atomic E-state index is 12.4. The van der Waals surface area contributed by atoms with Crippen LogP contribution in [0.5, 0.6) is 0 Å². The molecule has 106 valence electrons. The number of halogens is 2. The number of anilines is 2. The van der Waals surface area contributed by atoms with E-state index in [2.05, 4.69) is 36.6 Å². The predicted octanol–water partition coefficient (Wildman–Crippen LogP) is 3.90. The quantitative estimate of drug-likeness (QED) is 0.741. The van der Waals surface area contributed by atoms with Crippen LogP contribution < -0.4 is 10.5 Å². The Morgan fingerprint density at radius 3 is 2.45 bits per heavy atom. The summed E-state index contributed by atoms with van der Waals surface area (Å²) in [6.45, 7) is 1.80. The Hall–Kier alpha value is -1.05. The molecular formula is C13H12Br2N2O2S. The summed E-state index contributed by atoms with van der Waals surface area (Å²) in [7, 11) is -3.67. The van der Waals surface area contributed by atoms with Gasteiger partial charge in [-0.2, -0.15) is 0 Å². The second kappa shape index (κ2) is 5.75. The molecule has 0 saturated heterocycles. The van der Waals surface area contributed by atoms with Gasteiger partial charge in [-0.3, -0.25) is 4.72 Å². The fourth-order valence-electron chi connectivity index (χ4n) is 1.68. The Balaban J connectivity index is 2.43. The van der Waals surface area contributed by atoms with E-state index in [1.807, 2.05) is 0 Å². The van der Waals surface area contributed by atoms with Crippen molar-refractivity contribution < 1.29 is 8.42 Å². The minimum absolute atomic E-state index is 0.170. The lowest BCUT2D eigenvalue weighted by molar-refractivity contribution is 0.600. The van der Waals surface area contributed by atoms with Crippen molar-refractivity contribution in [2.45, 2.75) is 11.8 Å². The lowest BCUT2D eigenvalue weighted by Gasteiger charge is -2.12. The van der Waals surface area contributed by atoms with Gasteiger partial charge in [-0.15, -0.1) is 0 Å². The van der Waals surface area contributed by atoms with E-state index in [4.69, 9.17) is 5.73 Å². The van der Waals surface area contributed by atoms with Gasteiger partial charge in [-0.1, -0.05) is 15.9 Å². The van der Waals surface area contributed by atoms with Crippen molar-refractivity contribution in [1.82, 2.24) is 0 Å². The van der Waals surface area contributed by atoms with E-state index in [1.54, 1.807) is 43.3 Å². The van der Waals surface area contributed by atoms with Crippen LogP contribution in [-0.4, -0.2) is 8.42 Å². The van der Waals surface area contributed by atoms with Gasteiger partial charge >= 0.3 is 0 Å². The molecule has 0 amide bonds. The number of nitrogens with one attached hydrogen (secondary N) is 1. The molecule has 20 heavy (non-hydrogen) atoms. The highest BCUT2D eigenvalue weighted by molar-refractivity contribution is 9.11. The number of aryl methyl sites for hydroxylation is 1. The Kier molecular flexibility index (Phi) is 4.41. The molecule has 7 heteroatoms. The number of rotatable bonds is 3. The van der Waals surface area contributed by atoms with Crippen molar-refractivity contribution in [2.24, 2.45) is 0 Å². The maximum Gasteiger partial charge on any atom is 0.263 e. The van der Waals surface area contributed by atoms with Crippen molar-refractivity contribution in [2.75, 3.05) is 10.5 Å². The van der Waals surface area contributed by atoms with Gasteiger partial charge in [0.1, 0.15) is 4.90 Å². The molecule has 0 aliphatic carbocycles. The topological polar surface area (TPSA) is 72.2 Å². The second-order valence-corrected chi connectivity index (χ2v) is 7.68. The zero-order valence-corrected chi connectivity index (χ0v) is 14.5. The highest BCUT2D eigenvalue weighted by Crippen LogP contribution is 2.28. The van der Waals surface area contributed by atoms with E-state index < -0.39 is 10.0 Å². The molecule has 0 radical (unpaired) electrons. The molecule has 0 spiro atoms. The Bertz CT molecular complexity index is 761. The summed E-state index contributed by atoms with van der Waals surface area (Å²) in [6, 6.07) is 9.99. The molecular weight excluding hydrogens is 408 g/mol. The standard InChI is InChI=1S/C13H12Br2N2O2S/c1-8-6-10(16)3-5-12(8)17-20(18,19)13-7-9(14)2-4-11(13)15/h2-7,17H,16H2,1H3. The first kappa shape index (κ1) is 15.3. The van der Waals surface area contributed by atoms with Gasteiger partial charge in [-0.05, 0) is 64.8 Å². The highest BCUT2D eigenvalue weighted by Gasteiger charge is 2.19. The number of benzene rings is 2. The number of nitrogens with two attached hydrogens (primary N) is 1. The molecule has 2 rings (SSSR count). The summed E-state index contributed by atoms with van der Waals surface area (Å²) < 4.78 is 28.6. The first-order valence-corrected chi connectivity index (χ1v) is 8.70. The average Bonchev–Trinajstić information content (AvgIpc) is 2.35. The van der Waals surface area contributed by atoms with Gasteiger partial charge in [0.25, 0.3) is 10.0 Å². The number of hydrogen-bond acceptors (Lipinski definition) is 3. The third-order valence-electron chi connectivity index (χ3n) is 2.68. The molecule has 0 aliphatic rings. The Labute approximate surface area is 134 Å². The zero-order valence-electron chi connectivity index (χ0n) is 10.5. The minimum Gasteiger partial charge on any atom is -0.399 e. The molecule has 0 unspecified atom stereocenters. The summed E-state index contributed by atoms with van der Waals surface area (Å²) in [5.41, 5.74) is 7.52. The first-order chi connectivity index (χ1) is 9.29. The molecule has 0 fully saturated rings. The van der Waals surface area contributed by atoms with Crippen LogP contribution in [0.1, 0.15) is 5.56 Å². The molecule has 2 aromatic carbocycles. The molecule has 2 aromatic rings. The van der Waals surface area contributed by atoms with Crippen molar-refractivity contribution in [3.05, 3.63) is 50.9 Å². The number of sulfonamides is 1. The van der Waals surface area contributed by atoms with Crippen LogP contribution in [0.3, 0.4) is 0 Å². The largest absolute Gasteiger partial charge is 0.399 e. The Morgan fingerprint density at radius 2 is 1.80 bits per heavy atom. The normalized spacial score (nSPS) is 11.3. The average molecular weight is 420 g/mol.